The number of carbonyl (C=O) groups is 2. The van der Waals surface area contributed by atoms with Crippen molar-refractivity contribution >= 4 is 27.8 Å². The zero-order valence-electron chi connectivity index (χ0n) is 9.91. The molecule has 1 amide bonds. The van der Waals surface area contributed by atoms with Crippen molar-refractivity contribution in [3.05, 3.63) is 33.8 Å². The second-order valence-corrected chi connectivity index (χ2v) is 4.54. The number of amides is 1. The van der Waals surface area contributed by atoms with Gasteiger partial charge in [0.15, 0.2) is 0 Å². The molecule has 1 atom stereocenters. The van der Waals surface area contributed by atoms with Gasteiger partial charge in [-0.15, -0.1) is 0 Å². The molecule has 0 bridgehead atoms. The van der Waals surface area contributed by atoms with Crippen molar-refractivity contribution in [3.8, 4) is 0 Å². The van der Waals surface area contributed by atoms with Crippen LogP contribution in [0.25, 0.3) is 0 Å². The fourth-order valence-electron chi connectivity index (χ4n) is 1.30. The number of halogens is 1. The van der Waals surface area contributed by atoms with Gasteiger partial charge in [-0.25, -0.2) is 4.79 Å². The predicted octanol–water partition coefficient (Wildman–Crippen LogP) is 2.05. The van der Waals surface area contributed by atoms with Gasteiger partial charge in [0, 0.05) is 10.0 Å². The molecule has 1 aromatic carbocycles. The average molecular weight is 300 g/mol. The van der Waals surface area contributed by atoms with E-state index in [4.69, 9.17) is 0 Å². The number of hydrogen-bond donors (Lipinski definition) is 1. The topological polar surface area (TPSA) is 55.4 Å². The van der Waals surface area contributed by atoms with E-state index >= 15 is 0 Å². The number of carbonyl (C=O) groups excluding carboxylic acids is 2. The van der Waals surface area contributed by atoms with Gasteiger partial charge < -0.3 is 10.1 Å². The number of hydrogen-bond acceptors (Lipinski definition) is 3. The SMILES string of the molecule is COC(=O)[C@H](C)NC(=O)c1ccc(Br)c(C)c1. The number of rotatable bonds is 3. The van der Waals surface area contributed by atoms with E-state index in [0.29, 0.717) is 5.56 Å². The van der Waals surface area contributed by atoms with Crippen molar-refractivity contribution < 1.29 is 14.3 Å². The molecule has 4 nitrogen and oxygen atoms in total. The van der Waals surface area contributed by atoms with Crippen molar-refractivity contribution in [1.82, 2.24) is 5.32 Å². The first kappa shape index (κ1) is 13.7. The second-order valence-electron chi connectivity index (χ2n) is 3.68. The van der Waals surface area contributed by atoms with Crippen LogP contribution < -0.4 is 5.32 Å². The van der Waals surface area contributed by atoms with Crippen LogP contribution in [0.1, 0.15) is 22.8 Å². The van der Waals surface area contributed by atoms with Gasteiger partial charge in [-0.2, -0.15) is 0 Å². The second kappa shape index (κ2) is 5.82. The normalized spacial score (nSPS) is 11.8. The summed E-state index contributed by atoms with van der Waals surface area (Å²) in [6.45, 7) is 3.47. The molecular formula is C12H14BrNO3. The molecule has 0 fully saturated rings. The molecule has 5 heteroatoms. The highest BCUT2D eigenvalue weighted by Crippen LogP contribution is 2.17. The fraction of sp³-hybridized carbons (Fsp3) is 0.333. The molecule has 0 saturated heterocycles. The Kier molecular flexibility index (Phi) is 4.69. The number of nitrogens with one attached hydrogen (secondary N) is 1. The Balaban J connectivity index is 2.76. The van der Waals surface area contributed by atoms with E-state index in [2.05, 4.69) is 26.0 Å². The van der Waals surface area contributed by atoms with Gasteiger partial charge in [0.05, 0.1) is 7.11 Å². The summed E-state index contributed by atoms with van der Waals surface area (Å²) in [4.78, 5) is 23.0. The van der Waals surface area contributed by atoms with Crippen molar-refractivity contribution in [2.45, 2.75) is 19.9 Å². The molecule has 0 heterocycles. The maximum atomic E-state index is 11.8. The first-order chi connectivity index (χ1) is 7.95. The highest BCUT2D eigenvalue weighted by atomic mass is 79.9. The van der Waals surface area contributed by atoms with E-state index in [0.717, 1.165) is 10.0 Å². The van der Waals surface area contributed by atoms with Crippen LogP contribution in [-0.4, -0.2) is 25.0 Å². The number of aryl methyl sites for hydroxylation is 1. The van der Waals surface area contributed by atoms with Gasteiger partial charge in [-0.3, -0.25) is 4.79 Å². The van der Waals surface area contributed by atoms with Gasteiger partial charge in [0.2, 0.25) is 0 Å². The summed E-state index contributed by atoms with van der Waals surface area (Å²) >= 11 is 3.36. The lowest BCUT2D eigenvalue weighted by Crippen LogP contribution is -2.39. The maximum absolute atomic E-state index is 11.8. The van der Waals surface area contributed by atoms with Crippen LogP contribution in [0.15, 0.2) is 22.7 Å². The van der Waals surface area contributed by atoms with Crippen LogP contribution in [0.3, 0.4) is 0 Å². The summed E-state index contributed by atoms with van der Waals surface area (Å²) in [5, 5.41) is 2.56. The van der Waals surface area contributed by atoms with Crippen molar-refractivity contribution in [2.75, 3.05) is 7.11 Å². The molecule has 0 unspecified atom stereocenters. The van der Waals surface area contributed by atoms with Gasteiger partial charge in [0.25, 0.3) is 5.91 Å². The molecule has 0 aliphatic rings. The summed E-state index contributed by atoms with van der Waals surface area (Å²) in [6.07, 6.45) is 0. The monoisotopic (exact) mass is 299 g/mol. The standard InChI is InChI=1S/C12H14BrNO3/c1-7-6-9(4-5-10(7)13)11(15)14-8(2)12(16)17-3/h4-6,8H,1-3H3,(H,14,15)/t8-/m0/s1. The molecule has 0 saturated carbocycles. The summed E-state index contributed by atoms with van der Waals surface area (Å²) < 4.78 is 5.47. The van der Waals surface area contributed by atoms with Crippen molar-refractivity contribution in [1.29, 1.82) is 0 Å². The van der Waals surface area contributed by atoms with E-state index in [1.807, 2.05) is 6.92 Å². The third-order valence-electron chi connectivity index (χ3n) is 2.32. The Hall–Kier alpha value is -1.36. The van der Waals surface area contributed by atoms with Crippen LogP contribution in [0.4, 0.5) is 0 Å². The minimum Gasteiger partial charge on any atom is -0.467 e. The minimum absolute atomic E-state index is 0.293. The Morgan fingerprint density at radius 3 is 2.59 bits per heavy atom. The first-order valence-corrected chi connectivity index (χ1v) is 5.90. The summed E-state index contributed by atoms with van der Waals surface area (Å²) in [5.41, 5.74) is 1.48. The number of methoxy groups -OCH3 is 1. The summed E-state index contributed by atoms with van der Waals surface area (Å²) in [5.74, 6) is -0.759. The molecule has 0 radical (unpaired) electrons. The van der Waals surface area contributed by atoms with Crippen molar-refractivity contribution in [3.63, 3.8) is 0 Å². The zero-order chi connectivity index (χ0) is 13.0. The molecule has 17 heavy (non-hydrogen) atoms. The first-order valence-electron chi connectivity index (χ1n) is 5.10. The third-order valence-corrected chi connectivity index (χ3v) is 3.21. The van der Waals surface area contributed by atoms with Crippen molar-refractivity contribution in [2.24, 2.45) is 0 Å². The van der Waals surface area contributed by atoms with Crippen LogP contribution in [-0.2, 0) is 9.53 Å². The van der Waals surface area contributed by atoms with Crippen LogP contribution in [0, 0.1) is 6.92 Å². The molecule has 0 aliphatic heterocycles. The largest absolute Gasteiger partial charge is 0.467 e. The average Bonchev–Trinajstić information content (AvgIpc) is 2.31. The predicted molar refractivity (Wildman–Crippen MR) is 67.8 cm³/mol. The molecule has 0 aliphatic carbocycles. The smallest absolute Gasteiger partial charge is 0.328 e. The molecular weight excluding hydrogens is 286 g/mol. The van der Waals surface area contributed by atoms with Crippen LogP contribution in [0.2, 0.25) is 0 Å². The third kappa shape index (κ3) is 3.56. The molecule has 0 spiro atoms. The van der Waals surface area contributed by atoms with E-state index in [1.165, 1.54) is 7.11 Å². The quantitative estimate of drug-likeness (QED) is 0.869. The summed E-state index contributed by atoms with van der Waals surface area (Å²) in [6, 6.07) is 4.59. The lowest BCUT2D eigenvalue weighted by molar-refractivity contribution is -0.142. The van der Waals surface area contributed by atoms with Gasteiger partial charge in [-0.05, 0) is 37.6 Å². The van der Waals surface area contributed by atoms with E-state index in [9.17, 15) is 9.59 Å². The molecule has 1 rings (SSSR count). The summed E-state index contributed by atoms with van der Waals surface area (Å²) in [7, 11) is 1.29. The number of esters is 1. The van der Waals surface area contributed by atoms with E-state index < -0.39 is 12.0 Å². The number of ether oxygens (including phenoxy) is 1. The Morgan fingerprint density at radius 1 is 1.41 bits per heavy atom. The van der Waals surface area contributed by atoms with Gasteiger partial charge >= 0.3 is 5.97 Å². The number of benzene rings is 1. The lowest BCUT2D eigenvalue weighted by Gasteiger charge is -2.12. The van der Waals surface area contributed by atoms with Crippen LogP contribution in [0.5, 0.6) is 0 Å². The highest BCUT2D eigenvalue weighted by molar-refractivity contribution is 9.10. The molecule has 1 N–H and O–H groups in total. The fourth-order valence-corrected chi connectivity index (χ4v) is 1.55. The van der Waals surface area contributed by atoms with Crippen LogP contribution >= 0.6 is 15.9 Å². The highest BCUT2D eigenvalue weighted by Gasteiger charge is 2.16. The Bertz CT molecular complexity index is 445. The lowest BCUT2D eigenvalue weighted by atomic mass is 10.1. The van der Waals surface area contributed by atoms with Gasteiger partial charge in [-0.1, -0.05) is 15.9 Å². The Morgan fingerprint density at radius 2 is 2.06 bits per heavy atom. The maximum Gasteiger partial charge on any atom is 0.328 e. The Labute approximate surface area is 108 Å². The minimum atomic E-state index is -0.656. The van der Waals surface area contributed by atoms with Gasteiger partial charge in [0.1, 0.15) is 6.04 Å². The molecule has 0 aromatic heterocycles. The van der Waals surface area contributed by atoms with E-state index in [-0.39, 0.29) is 5.91 Å². The zero-order valence-corrected chi connectivity index (χ0v) is 11.5. The molecule has 1 aromatic rings. The molecule has 92 valence electrons. The van der Waals surface area contributed by atoms with E-state index in [1.54, 1.807) is 25.1 Å².